The lowest BCUT2D eigenvalue weighted by molar-refractivity contribution is -0.116. The van der Waals surface area contributed by atoms with Crippen molar-refractivity contribution in [1.82, 2.24) is 4.90 Å². The van der Waals surface area contributed by atoms with E-state index in [0.717, 1.165) is 16.7 Å². The summed E-state index contributed by atoms with van der Waals surface area (Å²) in [6.07, 6.45) is -0.688. The third-order valence-electron chi connectivity index (χ3n) is 7.24. The minimum Gasteiger partial charge on any atom is -0.444 e. The van der Waals surface area contributed by atoms with Crippen molar-refractivity contribution in [1.29, 1.82) is 0 Å². The number of hydrogen-bond donors (Lipinski definition) is 0. The lowest BCUT2D eigenvalue weighted by Gasteiger charge is -2.35. The molecule has 8 heteroatoms. The maximum absolute atomic E-state index is 14.1. The van der Waals surface area contributed by atoms with Crippen LogP contribution in [0, 0.1) is 0 Å². The molecule has 3 aromatic carbocycles. The molecule has 5 atom stereocenters. The van der Waals surface area contributed by atoms with Crippen molar-refractivity contribution in [2.45, 2.75) is 76.6 Å². The first kappa shape index (κ1) is 33.4. The Morgan fingerprint density at radius 3 is 1.80 bits per heavy atom. The minimum absolute atomic E-state index is 0.00542. The van der Waals surface area contributed by atoms with Gasteiger partial charge >= 0.3 is 6.09 Å². The molecule has 0 radical (unpaired) electrons. The largest absolute Gasteiger partial charge is 0.444 e. The van der Waals surface area contributed by atoms with Gasteiger partial charge in [-0.2, -0.15) is 0 Å². The van der Waals surface area contributed by atoms with Crippen LogP contribution in [0.15, 0.2) is 104 Å². The van der Waals surface area contributed by atoms with Gasteiger partial charge in [0.1, 0.15) is 30.7 Å². The van der Waals surface area contributed by atoms with Gasteiger partial charge in [-0.1, -0.05) is 97.1 Å². The molecule has 0 saturated carbocycles. The number of carbonyl (C=O) groups is 1. The molecule has 0 aromatic heterocycles. The van der Waals surface area contributed by atoms with Gasteiger partial charge in [-0.05, 0) is 37.5 Å². The average molecular weight is 604 g/mol. The number of hydrogen-bond acceptors (Lipinski definition) is 7. The van der Waals surface area contributed by atoms with Crippen molar-refractivity contribution in [2.24, 2.45) is 0 Å². The van der Waals surface area contributed by atoms with Crippen LogP contribution in [0.1, 0.15) is 37.5 Å². The van der Waals surface area contributed by atoms with E-state index in [0.29, 0.717) is 19.8 Å². The quantitative estimate of drug-likeness (QED) is 0.144. The van der Waals surface area contributed by atoms with Crippen LogP contribution in [0.2, 0.25) is 0 Å². The number of amides is 1. The Labute approximate surface area is 261 Å². The third-order valence-corrected chi connectivity index (χ3v) is 7.24. The van der Waals surface area contributed by atoms with E-state index in [1.807, 2.05) is 112 Å². The van der Waals surface area contributed by atoms with Gasteiger partial charge in [0.2, 0.25) is 0 Å². The molecule has 1 aliphatic heterocycles. The highest BCUT2D eigenvalue weighted by Gasteiger charge is 2.56. The van der Waals surface area contributed by atoms with E-state index in [9.17, 15) is 4.79 Å². The van der Waals surface area contributed by atoms with Gasteiger partial charge < -0.3 is 28.4 Å². The van der Waals surface area contributed by atoms with E-state index >= 15 is 0 Å². The lowest BCUT2D eigenvalue weighted by atomic mass is 10.0. The van der Waals surface area contributed by atoms with Gasteiger partial charge in [-0.25, -0.2) is 4.79 Å². The van der Waals surface area contributed by atoms with Gasteiger partial charge in [-0.3, -0.25) is 4.90 Å². The van der Waals surface area contributed by atoms with Crippen LogP contribution in [-0.4, -0.2) is 67.5 Å². The van der Waals surface area contributed by atoms with E-state index in [-0.39, 0.29) is 13.4 Å². The monoisotopic (exact) mass is 603 g/mol. The Hall–Kier alpha value is -3.53. The molecule has 0 spiro atoms. The predicted octanol–water partition coefficient (Wildman–Crippen LogP) is 6.54. The van der Waals surface area contributed by atoms with Crippen molar-refractivity contribution in [2.75, 3.05) is 20.5 Å². The van der Waals surface area contributed by atoms with Crippen molar-refractivity contribution < 1.29 is 33.2 Å². The van der Waals surface area contributed by atoms with Crippen LogP contribution >= 0.6 is 0 Å². The molecule has 1 aliphatic rings. The minimum atomic E-state index is -0.739. The van der Waals surface area contributed by atoms with E-state index in [1.165, 1.54) is 0 Å². The molecule has 8 nitrogen and oxygen atoms in total. The second kappa shape index (κ2) is 16.5. The Balaban J connectivity index is 1.73. The van der Waals surface area contributed by atoms with E-state index in [1.54, 1.807) is 18.1 Å². The van der Waals surface area contributed by atoms with E-state index in [4.69, 9.17) is 28.4 Å². The van der Waals surface area contributed by atoms with Crippen molar-refractivity contribution in [3.05, 3.63) is 120 Å². The van der Waals surface area contributed by atoms with Crippen molar-refractivity contribution in [3.8, 4) is 0 Å². The summed E-state index contributed by atoms with van der Waals surface area (Å²) in [6.45, 7) is 10.8. The summed E-state index contributed by atoms with van der Waals surface area (Å²) in [5, 5.41) is 0. The topological polar surface area (TPSA) is 75.7 Å². The first-order valence-electron chi connectivity index (χ1n) is 15.0. The highest BCUT2D eigenvalue weighted by Crippen LogP contribution is 2.36. The first-order valence-corrected chi connectivity index (χ1v) is 15.0. The molecule has 0 N–H and O–H groups in total. The van der Waals surface area contributed by atoms with Gasteiger partial charge in [0, 0.05) is 7.11 Å². The van der Waals surface area contributed by atoms with Crippen LogP contribution in [0.25, 0.3) is 0 Å². The van der Waals surface area contributed by atoms with Crippen LogP contribution in [0.3, 0.4) is 0 Å². The number of nitrogens with zero attached hydrogens (tertiary/aromatic N) is 1. The van der Waals surface area contributed by atoms with Gasteiger partial charge in [-0.15, -0.1) is 6.58 Å². The van der Waals surface area contributed by atoms with Crippen LogP contribution in [-0.2, 0) is 48.2 Å². The first-order chi connectivity index (χ1) is 21.3. The number of rotatable bonds is 15. The third kappa shape index (κ3) is 9.48. The molecule has 4 rings (SSSR count). The molecule has 44 heavy (non-hydrogen) atoms. The molecular weight excluding hydrogens is 558 g/mol. The van der Waals surface area contributed by atoms with Gasteiger partial charge in [0.05, 0.1) is 38.5 Å². The van der Waals surface area contributed by atoms with Crippen LogP contribution < -0.4 is 0 Å². The standard InChI is InChI=1S/C36H45NO7/c1-6-31(43-26-39-5)32-34(42-24-29-20-14-9-15-21-29)33(41-23-28-18-12-8-13-19-28)30(37(32)35(38)44-36(2,3)4)25-40-22-27-16-10-7-11-17-27/h6-21,30-34H,1,22-26H2,2-5H3/t30-,31+,32+,33-,34-/m1/s1. The number of methoxy groups -OCH3 is 1. The summed E-state index contributed by atoms with van der Waals surface area (Å²) in [5.41, 5.74) is 2.28. The Bertz CT molecular complexity index is 1270. The summed E-state index contributed by atoms with van der Waals surface area (Å²) in [6, 6.07) is 28.5. The molecule has 3 aromatic rings. The smallest absolute Gasteiger partial charge is 0.411 e. The molecule has 0 bridgehead atoms. The molecular formula is C36H45NO7. The number of ether oxygens (including phenoxy) is 6. The molecule has 1 heterocycles. The molecule has 0 aliphatic carbocycles. The number of benzene rings is 3. The maximum Gasteiger partial charge on any atom is 0.411 e. The van der Waals surface area contributed by atoms with Gasteiger partial charge in [0.25, 0.3) is 0 Å². The Kier molecular flexibility index (Phi) is 12.5. The predicted molar refractivity (Wildman–Crippen MR) is 169 cm³/mol. The fraction of sp³-hybridized carbons (Fsp3) is 0.417. The molecule has 1 saturated heterocycles. The van der Waals surface area contributed by atoms with E-state index < -0.39 is 42.1 Å². The summed E-state index contributed by atoms with van der Waals surface area (Å²) in [4.78, 5) is 15.7. The Morgan fingerprint density at radius 2 is 1.32 bits per heavy atom. The van der Waals surface area contributed by atoms with Crippen LogP contribution in [0.5, 0.6) is 0 Å². The fourth-order valence-electron chi connectivity index (χ4n) is 5.30. The van der Waals surface area contributed by atoms with E-state index in [2.05, 4.69) is 6.58 Å². The number of likely N-dealkylation sites (tertiary alicyclic amines) is 1. The van der Waals surface area contributed by atoms with Gasteiger partial charge in [0.15, 0.2) is 0 Å². The summed E-state index contributed by atoms with van der Waals surface area (Å²) < 4.78 is 36.9. The zero-order chi connectivity index (χ0) is 31.4. The van der Waals surface area contributed by atoms with Crippen molar-refractivity contribution >= 4 is 6.09 Å². The molecule has 1 amide bonds. The average Bonchev–Trinajstić information content (AvgIpc) is 3.33. The highest BCUT2D eigenvalue weighted by atomic mass is 16.7. The summed E-state index contributed by atoms with van der Waals surface area (Å²) in [5.74, 6) is 0. The normalized spacial score (nSPS) is 20.8. The molecule has 0 unspecified atom stereocenters. The fourth-order valence-corrected chi connectivity index (χ4v) is 5.30. The maximum atomic E-state index is 14.1. The second-order valence-corrected chi connectivity index (χ2v) is 11.7. The Morgan fingerprint density at radius 1 is 0.818 bits per heavy atom. The van der Waals surface area contributed by atoms with Crippen molar-refractivity contribution in [3.63, 3.8) is 0 Å². The summed E-state index contributed by atoms with van der Waals surface area (Å²) >= 11 is 0. The summed E-state index contributed by atoms with van der Waals surface area (Å²) in [7, 11) is 1.55. The van der Waals surface area contributed by atoms with Crippen LogP contribution in [0.4, 0.5) is 4.79 Å². The lowest BCUT2D eigenvalue weighted by Crippen LogP contribution is -2.52. The SMILES string of the molecule is C=C[C@H](OCOC)[C@H]1[C@@H](OCc2ccccc2)[C@H](OCc2ccccc2)[C@@H](COCc2ccccc2)N1C(=O)OC(C)(C)C. The zero-order valence-electron chi connectivity index (χ0n) is 26.2. The zero-order valence-corrected chi connectivity index (χ0v) is 26.2. The molecule has 1 fully saturated rings. The number of carbonyl (C=O) groups excluding carboxylic acids is 1. The molecule has 236 valence electrons. The second-order valence-electron chi connectivity index (χ2n) is 11.7. The highest BCUT2D eigenvalue weighted by molar-refractivity contribution is 5.70.